The average molecular weight is 287 g/mol. The van der Waals surface area contributed by atoms with Gasteiger partial charge in [0.2, 0.25) is 0 Å². The summed E-state index contributed by atoms with van der Waals surface area (Å²) in [5.41, 5.74) is 6.86. The van der Waals surface area contributed by atoms with Gasteiger partial charge in [-0.1, -0.05) is 12.1 Å². The van der Waals surface area contributed by atoms with Gasteiger partial charge in [0.1, 0.15) is 5.82 Å². The minimum absolute atomic E-state index is 0.189. The maximum atomic E-state index is 13.3. The van der Waals surface area contributed by atoms with Crippen molar-refractivity contribution in [3.05, 3.63) is 34.1 Å². The smallest absolute Gasteiger partial charge is 0.137 e. The summed E-state index contributed by atoms with van der Waals surface area (Å²) in [6, 6.07) is 5.53. The minimum atomic E-state index is -0.189. The molecule has 0 unspecified atom stereocenters. The molecule has 16 heavy (non-hydrogen) atoms. The second kappa shape index (κ2) is 5.25. The maximum absolute atomic E-state index is 13.3. The van der Waals surface area contributed by atoms with Gasteiger partial charge in [-0.2, -0.15) is 0 Å². The quantitative estimate of drug-likeness (QED) is 0.905. The molecule has 0 saturated carbocycles. The fourth-order valence-corrected chi connectivity index (χ4v) is 2.41. The van der Waals surface area contributed by atoms with Gasteiger partial charge in [-0.25, -0.2) is 4.39 Å². The highest BCUT2D eigenvalue weighted by Crippen LogP contribution is 2.22. The van der Waals surface area contributed by atoms with Crippen LogP contribution in [0.1, 0.15) is 18.4 Å². The normalized spacial score (nSPS) is 18.9. The molecule has 1 saturated heterocycles. The van der Waals surface area contributed by atoms with Crippen molar-refractivity contribution in [2.45, 2.75) is 25.4 Å². The molecule has 88 valence electrons. The Morgan fingerprint density at radius 1 is 1.38 bits per heavy atom. The van der Waals surface area contributed by atoms with E-state index in [1.165, 1.54) is 6.07 Å². The molecule has 0 bridgehead atoms. The Balaban J connectivity index is 2.01. The van der Waals surface area contributed by atoms with Gasteiger partial charge in [0.05, 0.1) is 4.47 Å². The van der Waals surface area contributed by atoms with Crippen LogP contribution in [0.4, 0.5) is 4.39 Å². The van der Waals surface area contributed by atoms with E-state index in [1.54, 1.807) is 6.07 Å². The van der Waals surface area contributed by atoms with Crippen LogP contribution in [0, 0.1) is 5.82 Å². The molecule has 1 aromatic carbocycles. The largest absolute Gasteiger partial charge is 0.328 e. The minimum Gasteiger partial charge on any atom is -0.328 e. The van der Waals surface area contributed by atoms with Crippen LogP contribution < -0.4 is 5.73 Å². The topological polar surface area (TPSA) is 29.3 Å². The Labute approximate surface area is 104 Å². The second-order valence-corrected chi connectivity index (χ2v) is 5.12. The lowest BCUT2D eigenvalue weighted by Gasteiger charge is -2.30. The highest BCUT2D eigenvalue weighted by atomic mass is 79.9. The lowest BCUT2D eigenvalue weighted by atomic mass is 10.1. The van der Waals surface area contributed by atoms with Crippen LogP contribution in [0.3, 0.4) is 0 Å². The molecule has 1 heterocycles. The van der Waals surface area contributed by atoms with E-state index in [1.807, 2.05) is 6.07 Å². The summed E-state index contributed by atoms with van der Waals surface area (Å²) >= 11 is 3.29. The predicted molar refractivity (Wildman–Crippen MR) is 66.6 cm³/mol. The summed E-state index contributed by atoms with van der Waals surface area (Å²) in [5, 5.41) is 0. The fourth-order valence-electron chi connectivity index (χ4n) is 2.02. The molecule has 1 fully saturated rings. The fraction of sp³-hybridized carbons (Fsp3) is 0.500. The number of benzene rings is 1. The SMILES string of the molecule is NC1CCN(Cc2cccc(F)c2Br)CC1. The van der Waals surface area contributed by atoms with E-state index in [-0.39, 0.29) is 5.82 Å². The molecule has 0 spiro atoms. The van der Waals surface area contributed by atoms with E-state index in [2.05, 4.69) is 20.8 Å². The number of likely N-dealkylation sites (tertiary alicyclic amines) is 1. The van der Waals surface area contributed by atoms with Crippen molar-refractivity contribution in [3.63, 3.8) is 0 Å². The third-order valence-electron chi connectivity index (χ3n) is 3.06. The standard InChI is InChI=1S/C12H16BrFN2/c13-12-9(2-1-3-11(12)14)8-16-6-4-10(15)5-7-16/h1-3,10H,4-8,15H2. The van der Waals surface area contributed by atoms with E-state index >= 15 is 0 Å². The first kappa shape index (κ1) is 12.0. The van der Waals surface area contributed by atoms with Crippen LogP contribution in [-0.4, -0.2) is 24.0 Å². The Morgan fingerprint density at radius 3 is 2.75 bits per heavy atom. The van der Waals surface area contributed by atoms with Crippen molar-refractivity contribution >= 4 is 15.9 Å². The van der Waals surface area contributed by atoms with Crippen LogP contribution in [0.15, 0.2) is 22.7 Å². The summed E-state index contributed by atoms with van der Waals surface area (Å²) in [4.78, 5) is 2.32. The van der Waals surface area contributed by atoms with Crippen LogP contribution in [0.2, 0.25) is 0 Å². The zero-order valence-electron chi connectivity index (χ0n) is 9.13. The first-order chi connectivity index (χ1) is 7.66. The van der Waals surface area contributed by atoms with E-state index in [4.69, 9.17) is 5.73 Å². The van der Waals surface area contributed by atoms with Crippen molar-refractivity contribution in [1.29, 1.82) is 0 Å². The average Bonchev–Trinajstić information content (AvgIpc) is 2.28. The van der Waals surface area contributed by atoms with Crippen molar-refractivity contribution in [3.8, 4) is 0 Å². The van der Waals surface area contributed by atoms with E-state index < -0.39 is 0 Å². The maximum Gasteiger partial charge on any atom is 0.137 e. The molecule has 1 aliphatic rings. The van der Waals surface area contributed by atoms with E-state index in [0.717, 1.165) is 38.0 Å². The van der Waals surface area contributed by atoms with Crippen LogP contribution in [0.25, 0.3) is 0 Å². The monoisotopic (exact) mass is 286 g/mol. The Bertz CT molecular complexity index is 362. The van der Waals surface area contributed by atoms with Crippen LogP contribution in [0.5, 0.6) is 0 Å². The van der Waals surface area contributed by atoms with Gasteiger partial charge in [-0.3, -0.25) is 4.90 Å². The molecule has 1 aliphatic heterocycles. The van der Waals surface area contributed by atoms with Gasteiger partial charge in [-0.15, -0.1) is 0 Å². The number of piperidine rings is 1. The molecule has 0 atom stereocenters. The lowest BCUT2D eigenvalue weighted by Crippen LogP contribution is -2.39. The van der Waals surface area contributed by atoms with Crippen molar-refractivity contribution < 1.29 is 4.39 Å². The Morgan fingerprint density at radius 2 is 2.06 bits per heavy atom. The summed E-state index contributed by atoms with van der Waals surface area (Å²) < 4.78 is 13.9. The van der Waals surface area contributed by atoms with Gasteiger partial charge in [0.15, 0.2) is 0 Å². The highest BCUT2D eigenvalue weighted by Gasteiger charge is 2.17. The molecule has 2 N–H and O–H groups in total. The Kier molecular flexibility index (Phi) is 3.95. The van der Waals surface area contributed by atoms with E-state index in [0.29, 0.717) is 10.5 Å². The molecule has 2 rings (SSSR count). The zero-order valence-corrected chi connectivity index (χ0v) is 10.7. The number of hydrogen-bond donors (Lipinski definition) is 1. The van der Waals surface area contributed by atoms with Crippen molar-refractivity contribution in [2.24, 2.45) is 5.73 Å². The Hall–Kier alpha value is -0.450. The summed E-state index contributed by atoms with van der Waals surface area (Å²) in [6.07, 6.45) is 2.07. The number of nitrogens with two attached hydrogens (primary N) is 1. The van der Waals surface area contributed by atoms with Gasteiger partial charge in [0.25, 0.3) is 0 Å². The highest BCUT2D eigenvalue weighted by molar-refractivity contribution is 9.10. The number of hydrogen-bond acceptors (Lipinski definition) is 2. The molecule has 1 aromatic rings. The number of nitrogens with zero attached hydrogens (tertiary/aromatic N) is 1. The third kappa shape index (κ3) is 2.81. The number of rotatable bonds is 2. The molecule has 2 nitrogen and oxygen atoms in total. The molecule has 0 aliphatic carbocycles. The molecule has 0 aromatic heterocycles. The summed E-state index contributed by atoms with van der Waals surface area (Å²) in [5.74, 6) is -0.189. The molecule has 0 amide bonds. The predicted octanol–water partition coefficient (Wildman–Crippen LogP) is 2.51. The van der Waals surface area contributed by atoms with Crippen molar-refractivity contribution in [1.82, 2.24) is 4.90 Å². The molecular formula is C12H16BrFN2. The molecular weight excluding hydrogens is 271 g/mol. The van der Waals surface area contributed by atoms with E-state index in [9.17, 15) is 4.39 Å². The number of halogens is 2. The van der Waals surface area contributed by atoms with Crippen molar-refractivity contribution in [2.75, 3.05) is 13.1 Å². The van der Waals surface area contributed by atoms with Crippen LogP contribution in [-0.2, 0) is 6.54 Å². The van der Waals surface area contributed by atoms with Gasteiger partial charge < -0.3 is 5.73 Å². The second-order valence-electron chi connectivity index (χ2n) is 4.33. The molecule has 0 radical (unpaired) electrons. The first-order valence-electron chi connectivity index (χ1n) is 5.57. The molecule has 4 heteroatoms. The van der Waals surface area contributed by atoms with Crippen LogP contribution >= 0.6 is 15.9 Å². The van der Waals surface area contributed by atoms with Gasteiger partial charge in [-0.05, 0) is 53.5 Å². The first-order valence-corrected chi connectivity index (χ1v) is 6.37. The summed E-state index contributed by atoms with van der Waals surface area (Å²) in [7, 11) is 0. The lowest BCUT2D eigenvalue weighted by molar-refractivity contribution is 0.205. The van der Waals surface area contributed by atoms with Gasteiger partial charge >= 0.3 is 0 Å². The third-order valence-corrected chi connectivity index (χ3v) is 3.95. The van der Waals surface area contributed by atoms with Gasteiger partial charge in [0, 0.05) is 12.6 Å². The summed E-state index contributed by atoms with van der Waals surface area (Å²) in [6.45, 7) is 2.80. The zero-order chi connectivity index (χ0) is 11.5.